The van der Waals surface area contributed by atoms with Crippen molar-refractivity contribution >= 4 is 25.7 Å². The zero-order valence-corrected chi connectivity index (χ0v) is 8.37. The molecule has 0 saturated carbocycles. The van der Waals surface area contributed by atoms with Crippen molar-refractivity contribution in [2.75, 3.05) is 0 Å². The van der Waals surface area contributed by atoms with Gasteiger partial charge in [0, 0.05) is 5.39 Å². The van der Waals surface area contributed by atoms with E-state index in [-0.39, 0.29) is 0 Å². The van der Waals surface area contributed by atoms with E-state index in [1.165, 1.54) is 16.5 Å². The molecule has 0 aliphatic rings. The number of benzene rings is 1. The minimum Gasteiger partial charge on any atom is -0.457 e. The SMILES string of the molecule is Cc1cc(C)c2cc(P)oc2c1. The molecule has 12 heavy (non-hydrogen) atoms. The normalized spacial score (nSPS) is 10.9. The van der Waals surface area contributed by atoms with Gasteiger partial charge in [0.25, 0.3) is 0 Å². The van der Waals surface area contributed by atoms with Gasteiger partial charge in [-0.2, -0.15) is 0 Å². The lowest BCUT2D eigenvalue weighted by Gasteiger charge is -1.96. The second-order valence-electron chi connectivity index (χ2n) is 3.14. The monoisotopic (exact) mass is 178 g/mol. The summed E-state index contributed by atoms with van der Waals surface area (Å²) in [6.45, 7) is 4.19. The molecule has 1 aromatic heterocycles. The van der Waals surface area contributed by atoms with E-state index >= 15 is 0 Å². The summed E-state index contributed by atoms with van der Waals surface area (Å²) in [7, 11) is 2.57. The first-order chi connectivity index (χ1) is 5.66. The molecule has 0 saturated heterocycles. The lowest BCUT2D eigenvalue weighted by molar-refractivity contribution is 0.655. The topological polar surface area (TPSA) is 13.1 Å². The van der Waals surface area contributed by atoms with Gasteiger partial charge in [-0.15, -0.1) is 0 Å². The van der Waals surface area contributed by atoms with Gasteiger partial charge >= 0.3 is 0 Å². The van der Waals surface area contributed by atoms with Crippen LogP contribution in [0.3, 0.4) is 0 Å². The Kier molecular flexibility index (Phi) is 1.69. The molecule has 0 bridgehead atoms. The summed E-state index contributed by atoms with van der Waals surface area (Å²) in [4.78, 5) is 0. The Hall–Kier alpha value is -0.810. The summed E-state index contributed by atoms with van der Waals surface area (Å²) >= 11 is 0. The highest BCUT2D eigenvalue weighted by Crippen LogP contribution is 2.21. The maximum atomic E-state index is 5.49. The van der Waals surface area contributed by atoms with Crippen LogP contribution in [0, 0.1) is 13.8 Å². The van der Waals surface area contributed by atoms with E-state index in [4.69, 9.17) is 4.42 Å². The summed E-state index contributed by atoms with van der Waals surface area (Å²) in [6.07, 6.45) is 0. The van der Waals surface area contributed by atoms with E-state index < -0.39 is 0 Å². The van der Waals surface area contributed by atoms with Crippen LogP contribution in [0.15, 0.2) is 22.6 Å². The maximum Gasteiger partial charge on any atom is 0.135 e. The lowest BCUT2D eigenvalue weighted by atomic mass is 10.1. The highest BCUT2D eigenvalue weighted by molar-refractivity contribution is 7.26. The van der Waals surface area contributed by atoms with Crippen LogP contribution in [0.1, 0.15) is 11.1 Å². The van der Waals surface area contributed by atoms with Crippen molar-refractivity contribution in [3.63, 3.8) is 0 Å². The van der Waals surface area contributed by atoms with E-state index in [1.807, 2.05) is 0 Å². The van der Waals surface area contributed by atoms with Crippen LogP contribution in [0.4, 0.5) is 0 Å². The Morgan fingerprint density at radius 1 is 1.17 bits per heavy atom. The van der Waals surface area contributed by atoms with Gasteiger partial charge in [0.1, 0.15) is 11.1 Å². The molecule has 62 valence electrons. The van der Waals surface area contributed by atoms with Gasteiger partial charge < -0.3 is 4.42 Å². The van der Waals surface area contributed by atoms with Crippen LogP contribution in [-0.4, -0.2) is 0 Å². The molecule has 0 fully saturated rings. The highest BCUT2D eigenvalue weighted by atomic mass is 31.0. The molecule has 0 aliphatic heterocycles. The van der Waals surface area contributed by atoms with E-state index in [1.54, 1.807) is 0 Å². The zero-order chi connectivity index (χ0) is 8.72. The van der Waals surface area contributed by atoms with E-state index in [0.29, 0.717) is 0 Å². The third-order valence-electron chi connectivity index (χ3n) is 2.01. The first-order valence-corrected chi connectivity index (χ1v) is 4.51. The minimum atomic E-state index is 0.902. The standard InChI is InChI=1S/C10H11OP/c1-6-3-7(2)8-5-10(12)11-9(8)4-6/h3-5H,12H2,1-2H3. The number of aryl methyl sites for hydroxylation is 2. The van der Waals surface area contributed by atoms with Crippen LogP contribution in [-0.2, 0) is 0 Å². The number of rotatable bonds is 0. The third kappa shape index (κ3) is 1.15. The van der Waals surface area contributed by atoms with Crippen molar-refractivity contribution in [1.29, 1.82) is 0 Å². The summed E-state index contributed by atoms with van der Waals surface area (Å²) in [5.41, 5.74) is 4.41. The smallest absolute Gasteiger partial charge is 0.135 e. The lowest BCUT2D eigenvalue weighted by Crippen LogP contribution is -1.76. The first kappa shape index (κ1) is 7.82. The minimum absolute atomic E-state index is 0.902. The Labute approximate surface area is 74.0 Å². The largest absolute Gasteiger partial charge is 0.457 e. The van der Waals surface area contributed by atoms with Crippen molar-refractivity contribution in [1.82, 2.24) is 0 Å². The van der Waals surface area contributed by atoms with E-state index in [9.17, 15) is 0 Å². The number of furan rings is 1. The highest BCUT2D eigenvalue weighted by Gasteiger charge is 2.02. The molecule has 0 N–H and O–H groups in total. The van der Waals surface area contributed by atoms with Crippen LogP contribution in [0.2, 0.25) is 0 Å². The molecule has 2 heteroatoms. The molecular weight excluding hydrogens is 167 g/mol. The first-order valence-electron chi connectivity index (χ1n) is 3.93. The average molecular weight is 178 g/mol. The van der Waals surface area contributed by atoms with Gasteiger partial charge in [0.2, 0.25) is 0 Å². The molecule has 1 unspecified atom stereocenters. The van der Waals surface area contributed by atoms with Gasteiger partial charge in [-0.1, -0.05) is 15.3 Å². The molecule has 1 heterocycles. The van der Waals surface area contributed by atoms with Crippen LogP contribution in [0.5, 0.6) is 0 Å². The van der Waals surface area contributed by atoms with Crippen LogP contribution >= 0.6 is 9.24 Å². The van der Waals surface area contributed by atoms with Gasteiger partial charge in [-0.05, 0) is 37.1 Å². The van der Waals surface area contributed by atoms with Gasteiger partial charge in [-0.3, -0.25) is 0 Å². The second kappa shape index (κ2) is 2.60. The van der Waals surface area contributed by atoms with Crippen LogP contribution in [0.25, 0.3) is 11.0 Å². The van der Waals surface area contributed by atoms with Crippen molar-refractivity contribution in [3.8, 4) is 0 Å². The molecule has 1 aromatic carbocycles. The van der Waals surface area contributed by atoms with Crippen molar-refractivity contribution in [2.45, 2.75) is 13.8 Å². The second-order valence-corrected chi connectivity index (χ2v) is 3.71. The van der Waals surface area contributed by atoms with Crippen molar-refractivity contribution < 1.29 is 4.42 Å². The predicted molar refractivity (Wildman–Crippen MR) is 55.0 cm³/mol. The molecular formula is C10H11OP. The fourth-order valence-corrected chi connectivity index (χ4v) is 1.80. The molecule has 1 atom stereocenters. The Morgan fingerprint density at radius 3 is 2.67 bits per heavy atom. The average Bonchev–Trinajstić information content (AvgIpc) is 2.29. The summed E-state index contributed by atoms with van der Waals surface area (Å²) in [5.74, 6) is 0. The third-order valence-corrected chi connectivity index (χ3v) is 2.29. The fourth-order valence-electron chi connectivity index (χ4n) is 1.51. The van der Waals surface area contributed by atoms with Crippen molar-refractivity contribution in [3.05, 3.63) is 29.3 Å². The van der Waals surface area contributed by atoms with E-state index in [0.717, 1.165) is 11.1 Å². The van der Waals surface area contributed by atoms with Gasteiger partial charge in [0.05, 0.1) is 0 Å². The molecule has 0 spiro atoms. The summed E-state index contributed by atoms with van der Waals surface area (Å²) < 4.78 is 5.49. The maximum absolute atomic E-state index is 5.49. The Bertz CT molecular complexity index is 429. The summed E-state index contributed by atoms with van der Waals surface area (Å²) in [5, 5.41) is 1.21. The van der Waals surface area contributed by atoms with Crippen molar-refractivity contribution in [2.24, 2.45) is 0 Å². The number of hydrogen-bond donors (Lipinski definition) is 0. The molecule has 0 aliphatic carbocycles. The van der Waals surface area contributed by atoms with Crippen LogP contribution < -0.4 is 5.50 Å². The fraction of sp³-hybridized carbons (Fsp3) is 0.200. The molecule has 1 nitrogen and oxygen atoms in total. The Balaban J connectivity index is 2.88. The molecule has 0 amide bonds. The Morgan fingerprint density at radius 2 is 1.92 bits per heavy atom. The quantitative estimate of drug-likeness (QED) is 0.565. The molecule has 2 aromatic rings. The number of fused-ring (bicyclic) bond motifs is 1. The molecule has 2 rings (SSSR count). The molecule has 0 radical (unpaired) electrons. The van der Waals surface area contributed by atoms with Gasteiger partial charge in [-0.25, -0.2) is 0 Å². The van der Waals surface area contributed by atoms with E-state index in [2.05, 4.69) is 41.3 Å². The summed E-state index contributed by atoms with van der Waals surface area (Å²) in [6, 6.07) is 6.28. The predicted octanol–water partition coefficient (Wildman–Crippen LogP) is 2.55. The zero-order valence-electron chi connectivity index (χ0n) is 7.22. The van der Waals surface area contributed by atoms with Gasteiger partial charge in [0.15, 0.2) is 0 Å². The number of hydrogen-bond acceptors (Lipinski definition) is 1.